The van der Waals surface area contributed by atoms with E-state index in [-0.39, 0.29) is 17.7 Å². The highest BCUT2D eigenvalue weighted by molar-refractivity contribution is 5.77. The van der Waals surface area contributed by atoms with Crippen LogP contribution < -0.4 is 5.73 Å². The second-order valence-electron chi connectivity index (χ2n) is 4.92. The summed E-state index contributed by atoms with van der Waals surface area (Å²) in [5, 5.41) is 0. The molecule has 1 aromatic carbocycles. The molecule has 98 valence electrons. The van der Waals surface area contributed by atoms with E-state index in [0.29, 0.717) is 25.2 Å². The van der Waals surface area contributed by atoms with Gasteiger partial charge in [-0.1, -0.05) is 13.0 Å². The molecule has 2 rings (SSSR count). The van der Waals surface area contributed by atoms with Gasteiger partial charge in [-0.3, -0.25) is 9.69 Å². The predicted octanol–water partition coefficient (Wildman–Crippen LogP) is 1.52. The second kappa shape index (κ2) is 5.02. The quantitative estimate of drug-likeness (QED) is 0.889. The number of nitrogens with zero attached hydrogens (tertiary/aromatic N) is 1. The van der Waals surface area contributed by atoms with Crippen LogP contribution in [0.25, 0.3) is 0 Å². The van der Waals surface area contributed by atoms with Crippen LogP contribution in [0.2, 0.25) is 0 Å². The fourth-order valence-corrected chi connectivity index (χ4v) is 2.46. The van der Waals surface area contributed by atoms with Gasteiger partial charge < -0.3 is 5.73 Å². The summed E-state index contributed by atoms with van der Waals surface area (Å²) in [5.74, 6) is -1.46. The predicted molar refractivity (Wildman–Crippen MR) is 63.5 cm³/mol. The van der Waals surface area contributed by atoms with E-state index in [0.717, 1.165) is 6.07 Å². The van der Waals surface area contributed by atoms with Crippen LogP contribution in [-0.2, 0) is 11.3 Å². The van der Waals surface area contributed by atoms with Gasteiger partial charge in [0.05, 0.1) is 5.92 Å². The number of carbonyl (C=O) groups excluding carboxylic acids is 1. The molecule has 1 aliphatic heterocycles. The Morgan fingerprint density at radius 1 is 1.44 bits per heavy atom. The van der Waals surface area contributed by atoms with Crippen molar-refractivity contribution in [1.29, 1.82) is 0 Å². The number of hydrogen-bond donors (Lipinski definition) is 1. The lowest BCUT2D eigenvalue weighted by atomic mass is 9.98. The molecule has 1 fully saturated rings. The molecule has 18 heavy (non-hydrogen) atoms. The van der Waals surface area contributed by atoms with E-state index in [2.05, 4.69) is 0 Å². The van der Waals surface area contributed by atoms with Crippen LogP contribution in [0.1, 0.15) is 12.5 Å². The molecule has 0 bridgehead atoms. The summed E-state index contributed by atoms with van der Waals surface area (Å²) < 4.78 is 26.3. The van der Waals surface area contributed by atoms with Crippen LogP contribution in [0.4, 0.5) is 8.78 Å². The highest BCUT2D eigenvalue weighted by atomic mass is 19.1. The van der Waals surface area contributed by atoms with Gasteiger partial charge in [0.2, 0.25) is 5.91 Å². The lowest BCUT2D eigenvalue weighted by molar-refractivity contribution is -0.122. The Morgan fingerprint density at radius 3 is 2.72 bits per heavy atom. The maximum atomic E-state index is 13.5. The van der Waals surface area contributed by atoms with Gasteiger partial charge in [0, 0.05) is 31.3 Å². The Balaban J connectivity index is 2.05. The number of halogens is 2. The smallest absolute Gasteiger partial charge is 0.222 e. The van der Waals surface area contributed by atoms with Gasteiger partial charge >= 0.3 is 0 Å². The summed E-state index contributed by atoms with van der Waals surface area (Å²) in [5.41, 5.74) is 5.74. The van der Waals surface area contributed by atoms with Crippen molar-refractivity contribution in [1.82, 2.24) is 4.90 Å². The SMILES string of the molecule is C[C@@H]1CN(Cc2ccc(F)cc2F)C[C@H]1C(N)=O. The monoisotopic (exact) mass is 254 g/mol. The number of benzene rings is 1. The Kier molecular flexibility index (Phi) is 3.61. The fraction of sp³-hybridized carbons (Fsp3) is 0.462. The lowest BCUT2D eigenvalue weighted by Crippen LogP contribution is -2.29. The molecule has 1 aromatic rings. The summed E-state index contributed by atoms with van der Waals surface area (Å²) in [4.78, 5) is 13.2. The maximum absolute atomic E-state index is 13.5. The first-order valence-corrected chi connectivity index (χ1v) is 5.93. The van der Waals surface area contributed by atoms with Crippen LogP contribution in [0.5, 0.6) is 0 Å². The standard InChI is InChI=1S/C13H16F2N2O/c1-8-5-17(7-11(8)13(16)18)6-9-2-3-10(14)4-12(9)15/h2-4,8,11H,5-7H2,1H3,(H2,16,18)/t8-,11-/m1/s1. The number of likely N-dealkylation sites (tertiary alicyclic amines) is 1. The zero-order chi connectivity index (χ0) is 13.3. The average Bonchev–Trinajstić information content (AvgIpc) is 2.64. The Bertz CT molecular complexity index is 464. The Hall–Kier alpha value is -1.49. The van der Waals surface area contributed by atoms with Crippen LogP contribution in [-0.4, -0.2) is 23.9 Å². The van der Waals surface area contributed by atoms with Gasteiger partial charge in [-0.25, -0.2) is 8.78 Å². The van der Waals surface area contributed by atoms with Crippen molar-refractivity contribution in [2.45, 2.75) is 13.5 Å². The van der Waals surface area contributed by atoms with Crippen molar-refractivity contribution in [2.24, 2.45) is 17.6 Å². The van der Waals surface area contributed by atoms with Gasteiger partial charge in [0.1, 0.15) is 11.6 Å². The van der Waals surface area contributed by atoms with Crippen LogP contribution in [0.15, 0.2) is 18.2 Å². The average molecular weight is 254 g/mol. The third-order valence-corrected chi connectivity index (χ3v) is 3.46. The van der Waals surface area contributed by atoms with Crippen molar-refractivity contribution in [3.05, 3.63) is 35.4 Å². The first-order chi connectivity index (χ1) is 8.47. The first-order valence-electron chi connectivity index (χ1n) is 5.93. The topological polar surface area (TPSA) is 46.3 Å². The molecule has 3 nitrogen and oxygen atoms in total. The molecule has 0 aliphatic carbocycles. The number of primary amides is 1. The van der Waals surface area contributed by atoms with Gasteiger partial charge in [-0.15, -0.1) is 0 Å². The zero-order valence-electron chi connectivity index (χ0n) is 10.2. The highest BCUT2D eigenvalue weighted by Crippen LogP contribution is 2.24. The maximum Gasteiger partial charge on any atom is 0.222 e. The van der Waals surface area contributed by atoms with E-state index in [9.17, 15) is 13.6 Å². The Morgan fingerprint density at radius 2 is 2.17 bits per heavy atom. The fourth-order valence-electron chi connectivity index (χ4n) is 2.46. The summed E-state index contributed by atoms with van der Waals surface area (Å²) >= 11 is 0. The minimum atomic E-state index is -0.582. The number of carbonyl (C=O) groups is 1. The normalized spacial score (nSPS) is 24.4. The molecular formula is C13H16F2N2O. The first kappa shape index (κ1) is 13.0. The minimum absolute atomic E-state index is 0.172. The summed E-state index contributed by atoms with van der Waals surface area (Å²) in [6.45, 7) is 3.56. The van der Waals surface area contributed by atoms with Gasteiger partial charge in [-0.05, 0) is 12.0 Å². The van der Waals surface area contributed by atoms with Crippen molar-refractivity contribution >= 4 is 5.91 Å². The van der Waals surface area contributed by atoms with E-state index in [1.807, 2.05) is 11.8 Å². The molecule has 2 N–H and O–H groups in total. The molecule has 1 heterocycles. The molecule has 0 aromatic heterocycles. The van der Waals surface area contributed by atoms with E-state index >= 15 is 0 Å². The molecular weight excluding hydrogens is 238 g/mol. The number of rotatable bonds is 3. The number of nitrogens with two attached hydrogens (primary N) is 1. The summed E-state index contributed by atoms with van der Waals surface area (Å²) in [7, 11) is 0. The highest BCUT2D eigenvalue weighted by Gasteiger charge is 2.33. The van der Waals surface area contributed by atoms with Gasteiger partial charge in [-0.2, -0.15) is 0 Å². The van der Waals surface area contributed by atoms with Gasteiger partial charge in [0.15, 0.2) is 0 Å². The van der Waals surface area contributed by atoms with Crippen LogP contribution in [0, 0.1) is 23.5 Å². The van der Waals surface area contributed by atoms with E-state index < -0.39 is 11.6 Å². The van der Waals surface area contributed by atoms with E-state index in [1.54, 1.807) is 0 Å². The van der Waals surface area contributed by atoms with Crippen LogP contribution >= 0.6 is 0 Å². The number of amides is 1. The Labute approximate surface area is 105 Å². The molecule has 1 saturated heterocycles. The number of hydrogen-bond acceptors (Lipinski definition) is 2. The molecule has 0 unspecified atom stereocenters. The van der Waals surface area contributed by atoms with E-state index in [4.69, 9.17) is 5.73 Å². The molecule has 0 saturated carbocycles. The lowest BCUT2D eigenvalue weighted by Gasteiger charge is -2.15. The van der Waals surface area contributed by atoms with E-state index in [1.165, 1.54) is 12.1 Å². The molecule has 1 amide bonds. The van der Waals surface area contributed by atoms with Crippen LogP contribution in [0.3, 0.4) is 0 Å². The second-order valence-corrected chi connectivity index (χ2v) is 4.92. The van der Waals surface area contributed by atoms with Crippen molar-refractivity contribution in [2.75, 3.05) is 13.1 Å². The molecule has 0 radical (unpaired) electrons. The van der Waals surface area contributed by atoms with Gasteiger partial charge in [0.25, 0.3) is 0 Å². The van der Waals surface area contributed by atoms with Crippen molar-refractivity contribution in [3.63, 3.8) is 0 Å². The molecule has 1 aliphatic rings. The van der Waals surface area contributed by atoms with Crippen molar-refractivity contribution < 1.29 is 13.6 Å². The molecule has 0 spiro atoms. The molecule has 2 atom stereocenters. The van der Waals surface area contributed by atoms with Crippen molar-refractivity contribution in [3.8, 4) is 0 Å². The largest absolute Gasteiger partial charge is 0.369 e. The third-order valence-electron chi connectivity index (χ3n) is 3.46. The molecule has 5 heteroatoms. The summed E-state index contributed by atoms with van der Waals surface area (Å²) in [6, 6.07) is 3.55. The summed E-state index contributed by atoms with van der Waals surface area (Å²) in [6.07, 6.45) is 0. The minimum Gasteiger partial charge on any atom is -0.369 e. The third kappa shape index (κ3) is 2.67. The zero-order valence-corrected chi connectivity index (χ0v) is 10.2.